The van der Waals surface area contributed by atoms with Gasteiger partial charge in [0, 0.05) is 37.2 Å². The third-order valence-electron chi connectivity index (χ3n) is 5.78. The van der Waals surface area contributed by atoms with E-state index in [1.54, 1.807) is 36.8 Å². The van der Waals surface area contributed by atoms with Crippen LogP contribution in [-0.2, 0) is 4.79 Å². The van der Waals surface area contributed by atoms with Crippen molar-refractivity contribution in [3.63, 3.8) is 0 Å². The van der Waals surface area contributed by atoms with Gasteiger partial charge in [0.1, 0.15) is 17.2 Å². The minimum atomic E-state index is -0.0628. The summed E-state index contributed by atoms with van der Waals surface area (Å²) >= 11 is 6.60. The van der Waals surface area contributed by atoms with E-state index in [-0.39, 0.29) is 11.9 Å². The van der Waals surface area contributed by atoms with E-state index in [2.05, 4.69) is 16.5 Å². The molecule has 0 N–H and O–H groups in total. The standard InChI is InChI=1S/C25H22ClN5O2/c1-2-22(32)30-15-3-4-18(16-30)31-25-23(21(26)11-14-28-25)24(29-31)17-5-7-19(8-6-17)33-20-9-12-27-13-10-20/h2,5-14,18H,1,3-4,15-16H2. The third-order valence-corrected chi connectivity index (χ3v) is 6.10. The van der Waals surface area contributed by atoms with Crippen molar-refractivity contribution in [1.82, 2.24) is 24.6 Å². The summed E-state index contributed by atoms with van der Waals surface area (Å²) in [6.07, 6.45) is 8.22. The average Bonchev–Trinajstić information content (AvgIpc) is 3.26. The first-order valence-electron chi connectivity index (χ1n) is 10.8. The Labute approximate surface area is 196 Å². The normalized spacial score (nSPS) is 16.0. The molecule has 1 unspecified atom stereocenters. The zero-order valence-electron chi connectivity index (χ0n) is 17.9. The quantitative estimate of drug-likeness (QED) is 0.379. The Morgan fingerprint density at radius 3 is 2.61 bits per heavy atom. The van der Waals surface area contributed by atoms with Crippen LogP contribution in [0.2, 0.25) is 5.02 Å². The van der Waals surface area contributed by atoms with E-state index in [4.69, 9.17) is 21.4 Å². The van der Waals surface area contributed by atoms with Gasteiger partial charge >= 0.3 is 0 Å². The second kappa shape index (κ2) is 9.03. The van der Waals surface area contributed by atoms with E-state index in [1.807, 2.05) is 33.8 Å². The smallest absolute Gasteiger partial charge is 0.246 e. The van der Waals surface area contributed by atoms with E-state index in [0.29, 0.717) is 23.0 Å². The van der Waals surface area contributed by atoms with Gasteiger partial charge in [0.15, 0.2) is 5.65 Å². The highest BCUT2D eigenvalue weighted by Gasteiger charge is 2.27. The molecule has 1 aliphatic rings. The zero-order valence-corrected chi connectivity index (χ0v) is 18.7. The molecule has 1 amide bonds. The number of pyridine rings is 2. The topological polar surface area (TPSA) is 73.1 Å². The van der Waals surface area contributed by atoms with Gasteiger partial charge < -0.3 is 9.64 Å². The van der Waals surface area contributed by atoms with E-state index in [0.717, 1.165) is 41.8 Å². The van der Waals surface area contributed by atoms with Crippen LogP contribution in [0.15, 0.2) is 73.7 Å². The number of benzene rings is 1. The summed E-state index contributed by atoms with van der Waals surface area (Å²) in [5, 5.41) is 6.33. The molecule has 3 aromatic heterocycles. The molecule has 0 saturated carbocycles. The molecule has 0 bridgehead atoms. The largest absolute Gasteiger partial charge is 0.457 e. The Morgan fingerprint density at radius 1 is 1.09 bits per heavy atom. The SMILES string of the molecule is C=CC(=O)N1CCCC(n2nc(-c3ccc(Oc4ccncc4)cc3)c3c(Cl)ccnc32)C1. The summed E-state index contributed by atoms with van der Waals surface area (Å²) in [5.74, 6) is 1.37. The fraction of sp³-hybridized carbons (Fsp3) is 0.200. The Hall–Kier alpha value is -3.71. The lowest BCUT2D eigenvalue weighted by atomic mass is 10.1. The summed E-state index contributed by atoms with van der Waals surface area (Å²) in [6, 6.07) is 13.1. The van der Waals surface area contributed by atoms with Gasteiger partial charge in [-0.1, -0.05) is 18.2 Å². The first-order chi connectivity index (χ1) is 16.1. The summed E-state index contributed by atoms with van der Waals surface area (Å²) < 4.78 is 7.79. The number of amides is 1. The molecule has 4 aromatic rings. The summed E-state index contributed by atoms with van der Waals surface area (Å²) in [6.45, 7) is 4.90. The van der Waals surface area contributed by atoms with Crippen molar-refractivity contribution >= 4 is 28.5 Å². The second-order valence-electron chi connectivity index (χ2n) is 7.88. The van der Waals surface area contributed by atoms with Gasteiger partial charge in [-0.15, -0.1) is 0 Å². The molecular formula is C25H22ClN5O2. The Bertz CT molecular complexity index is 1300. The van der Waals surface area contributed by atoms with Crippen molar-refractivity contribution in [3.05, 3.63) is 78.7 Å². The van der Waals surface area contributed by atoms with E-state index in [1.165, 1.54) is 6.08 Å². The number of piperidine rings is 1. The van der Waals surface area contributed by atoms with Gasteiger partial charge in [-0.3, -0.25) is 9.78 Å². The number of aromatic nitrogens is 4. The van der Waals surface area contributed by atoms with Gasteiger partial charge in [0.2, 0.25) is 5.91 Å². The fourth-order valence-corrected chi connectivity index (χ4v) is 4.42. The maximum absolute atomic E-state index is 12.2. The molecule has 0 spiro atoms. The molecule has 4 heterocycles. The van der Waals surface area contributed by atoms with Gasteiger partial charge in [0.25, 0.3) is 0 Å². The molecule has 33 heavy (non-hydrogen) atoms. The number of rotatable bonds is 5. The van der Waals surface area contributed by atoms with Crippen LogP contribution < -0.4 is 4.74 Å². The molecule has 1 aliphatic heterocycles. The van der Waals surface area contributed by atoms with Crippen molar-refractivity contribution in [2.75, 3.05) is 13.1 Å². The highest BCUT2D eigenvalue weighted by molar-refractivity contribution is 6.36. The minimum Gasteiger partial charge on any atom is -0.457 e. The third kappa shape index (κ3) is 4.19. The molecule has 166 valence electrons. The number of carbonyl (C=O) groups excluding carboxylic acids is 1. The molecule has 7 nitrogen and oxygen atoms in total. The molecule has 1 saturated heterocycles. The molecule has 1 atom stereocenters. The first kappa shape index (κ1) is 21.2. The van der Waals surface area contributed by atoms with Crippen LogP contribution in [0.3, 0.4) is 0 Å². The summed E-state index contributed by atoms with van der Waals surface area (Å²) in [7, 11) is 0. The molecule has 1 fully saturated rings. The predicted octanol–water partition coefficient (Wildman–Crippen LogP) is 5.29. The molecule has 8 heteroatoms. The maximum atomic E-state index is 12.2. The Balaban J connectivity index is 1.50. The molecule has 0 radical (unpaired) electrons. The van der Waals surface area contributed by atoms with Crippen LogP contribution in [0, 0.1) is 0 Å². The zero-order chi connectivity index (χ0) is 22.8. The van der Waals surface area contributed by atoms with E-state index < -0.39 is 0 Å². The fourth-order valence-electron chi connectivity index (χ4n) is 4.19. The number of likely N-dealkylation sites (tertiary alicyclic amines) is 1. The maximum Gasteiger partial charge on any atom is 0.246 e. The van der Waals surface area contributed by atoms with Gasteiger partial charge in [-0.2, -0.15) is 5.10 Å². The lowest BCUT2D eigenvalue weighted by Crippen LogP contribution is -2.40. The van der Waals surface area contributed by atoms with Crippen molar-refractivity contribution in [1.29, 1.82) is 0 Å². The van der Waals surface area contributed by atoms with Crippen LogP contribution in [0.1, 0.15) is 18.9 Å². The van der Waals surface area contributed by atoms with Crippen molar-refractivity contribution in [2.24, 2.45) is 0 Å². The number of carbonyl (C=O) groups is 1. The monoisotopic (exact) mass is 459 g/mol. The van der Waals surface area contributed by atoms with Gasteiger partial charge in [-0.25, -0.2) is 9.67 Å². The number of hydrogen-bond acceptors (Lipinski definition) is 5. The van der Waals surface area contributed by atoms with Crippen LogP contribution in [0.5, 0.6) is 11.5 Å². The molecule has 1 aromatic carbocycles. The number of nitrogens with zero attached hydrogens (tertiary/aromatic N) is 5. The van der Waals surface area contributed by atoms with Crippen LogP contribution in [0.25, 0.3) is 22.3 Å². The van der Waals surface area contributed by atoms with Crippen molar-refractivity contribution in [3.8, 4) is 22.8 Å². The van der Waals surface area contributed by atoms with Crippen LogP contribution in [-0.4, -0.2) is 43.6 Å². The lowest BCUT2D eigenvalue weighted by molar-refractivity contribution is -0.127. The van der Waals surface area contributed by atoms with Gasteiger partial charge in [-0.05, 0) is 61.4 Å². The van der Waals surface area contributed by atoms with E-state index >= 15 is 0 Å². The average molecular weight is 460 g/mol. The highest BCUT2D eigenvalue weighted by Crippen LogP contribution is 2.36. The minimum absolute atomic E-state index is 0.0131. The summed E-state index contributed by atoms with van der Waals surface area (Å²) in [4.78, 5) is 22.6. The van der Waals surface area contributed by atoms with Crippen molar-refractivity contribution < 1.29 is 9.53 Å². The van der Waals surface area contributed by atoms with Crippen LogP contribution in [0.4, 0.5) is 0 Å². The highest BCUT2D eigenvalue weighted by atomic mass is 35.5. The molecule has 0 aliphatic carbocycles. The number of hydrogen-bond donors (Lipinski definition) is 0. The Kier molecular flexibility index (Phi) is 5.79. The first-order valence-corrected chi connectivity index (χ1v) is 11.1. The predicted molar refractivity (Wildman–Crippen MR) is 127 cm³/mol. The second-order valence-corrected chi connectivity index (χ2v) is 8.29. The number of fused-ring (bicyclic) bond motifs is 1. The lowest BCUT2D eigenvalue weighted by Gasteiger charge is -2.32. The Morgan fingerprint density at radius 2 is 1.85 bits per heavy atom. The van der Waals surface area contributed by atoms with Crippen LogP contribution >= 0.6 is 11.6 Å². The van der Waals surface area contributed by atoms with Crippen molar-refractivity contribution in [2.45, 2.75) is 18.9 Å². The molecule has 5 rings (SSSR count). The number of halogens is 1. The summed E-state index contributed by atoms with van der Waals surface area (Å²) in [5.41, 5.74) is 2.38. The van der Waals surface area contributed by atoms with Gasteiger partial charge in [0.05, 0.1) is 16.5 Å². The van der Waals surface area contributed by atoms with E-state index in [9.17, 15) is 4.79 Å². The number of ether oxygens (including phenoxy) is 1. The molecular weight excluding hydrogens is 438 g/mol.